The van der Waals surface area contributed by atoms with E-state index in [4.69, 9.17) is 14.5 Å². The van der Waals surface area contributed by atoms with Crippen LogP contribution in [0.1, 0.15) is 16.8 Å². The van der Waals surface area contributed by atoms with E-state index < -0.39 is 7.60 Å². The molecule has 9 heteroatoms. The first kappa shape index (κ1) is 18.3. The van der Waals surface area contributed by atoms with Crippen LogP contribution in [0.5, 0.6) is 5.88 Å². The minimum absolute atomic E-state index is 0.249. The summed E-state index contributed by atoms with van der Waals surface area (Å²) in [6.45, 7) is 0. The van der Waals surface area contributed by atoms with Gasteiger partial charge in [0.1, 0.15) is 5.39 Å². The Bertz CT molecular complexity index is 1060. The fourth-order valence-corrected chi connectivity index (χ4v) is 3.41. The number of methoxy groups -OCH3 is 1. The maximum absolute atomic E-state index is 12.2. The highest BCUT2D eigenvalue weighted by Gasteiger charge is 2.14. The third-order valence-corrected chi connectivity index (χ3v) is 4.71. The van der Waals surface area contributed by atoms with Gasteiger partial charge in [0.05, 0.1) is 19.5 Å². The molecule has 0 unspecified atom stereocenters. The first-order chi connectivity index (χ1) is 12.3. The normalized spacial score (nSPS) is 11.7. The largest absolute Gasteiger partial charge is 0.480 e. The molecule has 0 saturated heterocycles. The van der Waals surface area contributed by atoms with Crippen molar-refractivity contribution in [2.75, 3.05) is 7.11 Å². The Morgan fingerprint density at radius 3 is 2.46 bits per heavy atom. The van der Waals surface area contributed by atoms with Gasteiger partial charge in [0.25, 0.3) is 5.56 Å². The molecule has 0 amide bonds. The second-order valence-corrected chi connectivity index (χ2v) is 7.62. The molecule has 0 radical (unpaired) electrons. The number of aryl methyl sites for hydroxylation is 1. The van der Waals surface area contributed by atoms with E-state index >= 15 is 0 Å². The number of ether oxygens (including phenoxy) is 1. The summed E-state index contributed by atoms with van der Waals surface area (Å²) in [5.41, 5.74) is 1.91. The second-order valence-electron chi connectivity index (χ2n) is 5.98. The molecule has 2 aromatic heterocycles. The number of pyridine rings is 1. The molecule has 8 nitrogen and oxygen atoms in total. The van der Waals surface area contributed by atoms with Gasteiger partial charge >= 0.3 is 7.60 Å². The summed E-state index contributed by atoms with van der Waals surface area (Å²) in [4.78, 5) is 34.7. The molecule has 2 heterocycles. The van der Waals surface area contributed by atoms with E-state index in [-0.39, 0.29) is 17.6 Å². The van der Waals surface area contributed by atoms with E-state index in [0.717, 1.165) is 5.56 Å². The summed E-state index contributed by atoms with van der Waals surface area (Å²) >= 11 is 0. The lowest BCUT2D eigenvalue weighted by Crippen LogP contribution is -2.20. The standard InChI is InChI=1S/C17H18N3O5P/c1-20-17(21)15-13(9-18-20)8-14(19-16(15)25-2)7-11-3-5-12(6-4-11)10-26(22,23)24/h3-6,8-9H,7,10H2,1-2H3,(H2,22,23,24). The lowest BCUT2D eigenvalue weighted by Gasteiger charge is -2.09. The summed E-state index contributed by atoms with van der Waals surface area (Å²) in [5.74, 6) is 0.249. The number of fused-ring (bicyclic) bond motifs is 1. The maximum Gasteiger partial charge on any atom is 0.329 e. The van der Waals surface area contributed by atoms with Crippen molar-refractivity contribution in [1.82, 2.24) is 14.8 Å². The molecule has 3 rings (SSSR count). The minimum atomic E-state index is -4.08. The summed E-state index contributed by atoms with van der Waals surface area (Å²) in [6.07, 6.45) is 1.79. The molecular formula is C17H18N3O5P. The van der Waals surface area contributed by atoms with Crippen molar-refractivity contribution in [3.63, 3.8) is 0 Å². The number of hydrogen-bond acceptors (Lipinski definition) is 5. The van der Waals surface area contributed by atoms with Crippen LogP contribution in [-0.4, -0.2) is 31.7 Å². The van der Waals surface area contributed by atoms with Crippen LogP contribution in [0, 0.1) is 0 Å². The van der Waals surface area contributed by atoms with Gasteiger partial charge in [0, 0.05) is 24.5 Å². The molecule has 0 spiro atoms. The Morgan fingerprint density at radius 1 is 1.19 bits per heavy atom. The zero-order valence-corrected chi connectivity index (χ0v) is 15.2. The topological polar surface area (TPSA) is 115 Å². The fraction of sp³-hybridized carbons (Fsp3) is 0.235. The Labute approximate surface area is 149 Å². The number of nitrogens with zero attached hydrogens (tertiary/aromatic N) is 3. The highest BCUT2D eigenvalue weighted by atomic mass is 31.2. The molecule has 2 N–H and O–H groups in total. The monoisotopic (exact) mass is 375 g/mol. The average Bonchev–Trinajstić information content (AvgIpc) is 2.58. The van der Waals surface area contributed by atoms with E-state index in [9.17, 15) is 9.36 Å². The van der Waals surface area contributed by atoms with Gasteiger partial charge in [0.2, 0.25) is 5.88 Å². The van der Waals surface area contributed by atoms with Gasteiger partial charge in [-0.2, -0.15) is 5.10 Å². The number of hydrogen-bond donors (Lipinski definition) is 2. The van der Waals surface area contributed by atoms with Gasteiger partial charge in [0.15, 0.2) is 0 Å². The van der Waals surface area contributed by atoms with Crippen molar-refractivity contribution in [2.24, 2.45) is 7.05 Å². The first-order valence-electron chi connectivity index (χ1n) is 7.79. The summed E-state index contributed by atoms with van der Waals surface area (Å²) in [7, 11) is -1.06. The van der Waals surface area contributed by atoms with Crippen LogP contribution in [0.4, 0.5) is 0 Å². The Balaban J connectivity index is 1.93. The van der Waals surface area contributed by atoms with Crippen LogP contribution in [0.3, 0.4) is 0 Å². The van der Waals surface area contributed by atoms with E-state index in [1.165, 1.54) is 11.8 Å². The molecule has 136 valence electrons. The smallest absolute Gasteiger partial charge is 0.329 e. The third-order valence-electron chi connectivity index (χ3n) is 3.94. The maximum atomic E-state index is 12.2. The minimum Gasteiger partial charge on any atom is -0.480 e. The molecular weight excluding hydrogens is 357 g/mol. The average molecular weight is 375 g/mol. The van der Waals surface area contributed by atoms with Crippen molar-refractivity contribution in [2.45, 2.75) is 12.6 Å². The van der Waals surface area contributed by atoms with Gasteiger partial charge in [-0.3, -0.25) is 9.36 Å². The van der Waals surface area contributed by atoms with E-state index in [0.29, 0.717) is 28.5 Å². The van der Waals surface area contributed by atoms with Crippen LogP contribution in [0.2, 0.25) is 0 Å². The molecule has 3 aromatic rings. The van der Waals surface area contributed by atoms with Crippen LogP contribution in [0.15, 0.2) is 41.3 Å². The van der Waals surface area contributed by atoms with Gasteiger partial charge in [-0.25, -0.2) is 9.67 Å². The van der Waals surface area contributed by atoms with Crippen molar-refractivity contribution in [3.05, 3.63) is 63.7 Å². The zero-order chi connectivity index (χ0) is 18.9. The molecule has 0 aliphatic carbocycles. The third kappa shape index (κ3) is 3.99. The number of aromatic nitrogens is 3. The Kier molecular flexibility index (Phi) is 4.91. The highest BCUT2D eigenvalue weighted by molar-refractivity contribution is 7.50. The summed E-state index contributed by atoms with van der Waals surface area (Å²) in [6, 6.07) is 8.75. The highest BCUT2D eigenvalue weighted by Crippen LogP contribution is 2.39. The van der Waals surface area contributed by atoms with Crippen molar-refractivity contribution in [1.29, 1.82) is 0 Å². The second kappa shape index (κ2) is 6.99. The summed E-state index contributed by atoms with van der Waals surface area (Å²) < 4.78 is 17.6. The number of benzene rings is 1. The molecule has 0 fully saturated rings. The first-order valence-corrected chi connectivity index (χ1v) is 9.59. The Morgan fingerprint density at radius 2 is 1.85 bits per heavy atom. The molecule has 0 saturated carbocycles. The lowest BCUT2D eigenvalue weighted by atomic mass is 10.1. The van der Waals surface area contributed by atoms with Gasteiger partial charge in [-0.1, -0.05) is 24.3 Å². The molecule has 0 bridgehead atoms. The van der Waals surface area contributed by atoms with Gasteiger partial charge in [-0.05, 0) is 17.2 Å². The quantitative estimate of drug-likeness (QED) is 0.651. The van der Waals surface area contributed by atoms with E-state index in [2.05, 4.69) is 10.1 Å². The van der Waals surface area contributed by atoms with E-state index in [1.54, 1.807) is 43.6 Å². The molecule has 0 atom stereocenters. The van der Waals surface area contributed by atoms with Crippen molar-refractivity contribution >= 4 is 18.4 Å². The zero-order valence-electron chi connectivity index (χ0n) is 14.3. The van der Waals surface area contributed by atoms with Gasteiger partial charge in [-0.15, -0.1) is 0 Å². The fourth-order valence-electron chi connectivity index (χ4n) is 2.72. The molecule has 1 aromatic carbocycles. The number of rotatable bonds is 5. The van der Waals surface area contributed by atoms with Crippen LogP contribution in [0.25, 0.3) is 10.8 Å². The summed E-state index contributed by atoms with van der Waals surface area (Å²) in [5, 5.41) is 5.05. The van der Waals surface area contributed by atoms with Gasteiger partial charge < -0.3 is 14.5 Å². The predicted molar refractivity (Wildman–Crippen MR) is 96.3 cm³/mol. The predicted octanol–water partition coefficient (Wildman–Crippen LogP) is 1.61. The Hall–Kier alpha value is -2.54. The van der Waals surface area contributed by atoms with E-state index in [1.807, 2.05) is 0 Å². The van der Waals surface area contributed by atoms with Crippen LogP contribution in [-0.2, 0) is 24.2 Å². The van der Waals surface area contributed by atoms with Crippen LogP contribution >= 0.6 is 7.60 Å². The molecule has 0 aliphatic rings. The molecule has 26 heavy (non-hydrogen) atoms. The van der Waals surface area contributed by atoms with Crippen LogP contribution < -0.4 is 10.3 Å². The van der Waals surface area contributed by atoms with Crippen molar-refractivity contribution in [3.8, 4) is 5.88 Å². The SMILES string of the molecule is COc1nc(Cc2ccc(CP(=O)(O)O)cc2)cc2cnn(C)c(=O)c12. The molecule has 0 aliphatic heterocycles. The van der Waals surface area contributed by atoms with Crippen molar-refractivity contribution < 1.29 is 19.1 Å². The lowest BCUT2D eigenvalue weighted by molar-refractivity contribution is 0.371.